The number of hydrogen-bond acceptors (Lipinski definition) is 3. The quantitative estimate of drug-likeness (QED) is 0.174. The molecule has 0 saturated carbocycles. The van der Waals surface area contributed by atoms with E-state index in [1.54, 1.807) is 0 Å². The standard InChI is InChI=1S/C52H33N3/c53-33-34-23-25-35(26-24-34)40-31-32-41(43-18-8-7-17-42(40)43)36-27-29-39(30-28-36)52-54-50(38-15-5-2-6-16-38)48(37-13-3-1-4-14-37)51(55-52)49-46-21-11-9-19-44(46)45-20-10-12-22-47(45)49/h1-32,49H. The molecule has 256 valence electrons. The summed E-state index contributed by atoms with van der Waals surface area (Å²) >= 11 is 0. The normalized spacial score (nSPS) is 11.9. The van der Waals surface area contributed by atoms with Crippen molar-refractivity contribution in [2.24, 2.45) is 0 Å². The van der Waals surface area contributed by atoms with Crippen molar-refractivity contribution in [3.05, 3.63) is 217 Å². The highest BCUT2D eigenvalue weighted by molar-refractivity contribution is 6.05. The number of aromatic nitrogens is 2. The number of fused-ring (bicyclic) bond motifs is 4. The lowest BCUT2D eigenvalue weighted by atomic mass is 9.86. The van der Waals surface area contributed by atoms with Gasteiger partial charge >= 0.3 is 0 Å². The predicted molar refractivity (Wildman–Crippen MR) is 224 cm³/mol. The molecule has 0 spiro atoms. The first-order chi connectivity index (χ1) is 27.2. The zero-order valence-corrected chi connectivity index (χ0v) is 29.9. The third-order valence-electron chi connectivity index (χ3n) is 10.9. The van der Waals surface area contributed by atoms with E-state index < -0.39 is 0 Å². The molecule has 3 nitrogen and oxygen atoms in total. The van der Waals surface area contributed by atoms with Gasteiger partial charge in [0.15, 0.2) is 5.82 Å². The largest absolute Gasteiger partial charge is 0.231 e. The van der Waals surface area contributed by atoms with E-state index in [4.69, 9.17) is 9.97 Å². The Morgan fingerprint density at radius 1 is 0.382 bits per heavy atom. The third-order valence-corrected chi connectivity index (χ3v) is 10.9. The highest BCUT2D eigenvalue weighted by Crippen LogP contribution is 2.51. The average molecular weight is 700 g/mol. The summed E-state index contributed by atoms with van der Waals surface area (Å²) in [7, 11) is 0. The summed E-state index contributed by atoms with van der Waals surface area (Å²) in [6.07, 6.45) is 0. The van der Waals surface area contributed by atoms with Gasteiger partial charge in [-0.3, -0.25) is 0 Å². The molecule has 0 fully saturated rings. The molecule has 0 radical (unpaired) electrons. The van der Waals surface area contributed by atoms with E-state index in [2.05, 4.69) is 176 Å². The molecule has 9 aromatic rings. The summed E-state index contributed by atoms with van der Waals surface area (Å²) in [5.74, 6) is 0.634. The monoisotopic (exact) mass is 699 g/mol. The number of nitrogens with zero attached hydrogens (tertiary/aromatic N) is 3. The van der Waals surface area contributed by atoms with Crippen molar-refractivity contribution >= 4 is 10.8 Å². The van der Waals surface area contributed by atoms with Gasteiger partial charge in [-0.25, -0.2) is 9.97 Å². The topological polar surface area (TPSA) is 49.6 Å². The van der Waals surface area contributed by atoms with Crippen LogP contribution >= 0.6 is 0 Å². The maximum Gasteiger partial charge on any atom is 0.160 e. The summed E-state index contributed by atoms with van der Waals surface area (Å²) in [5.41, 5.74) is 16.3. The predicted octanol–water partition coefficient (Wildman–Crippen LogP) is 13.0. The number of benzene rings is 8. The summed E-state index contributed by atoms with van der Waals surface area (Å²) in [5, 5.41) is 11.7. The lowest BCUT2D eigenvalue weighted by molar-refractivity contribution is 0.936. The Morgan fingerprint density at radius 2 is 0.855 bits per heavy atom. The van der Waals surface area contributed by atoms with Crippen molar-refractivity contribution in [1.82, 2.24) is 9.97 Å². The van der Waals surface area contributed by atoms with Crippen LogP contribution in [0.1, 0.15) is 28.3 Å². The molecule has 3 heteroatoms. The fraction of sp³-hybridized carbons (Fsp3) is 0.0192. The van der Waals surface area contributed by atoms with Gasteiger partial charge < -0.3 is 0 Å². The maximum absolute atomic E-state index is 9.33. The van der Waals surface area contributed by atoms with Crippen LogP contribution in [-0.4, -0.2) is 9.97 Å². The van der Waals surface area contributed by atoms with E-state index in [1.165, 1.54) is 33.0 Å². The minimum Gasteiger partial charge on any atom is -0.231 e. The Balaban J connectivity index is 1.15. The average Bonchev–Trinajstić information content (AvgIpc) is 3.60. The second-order valence-corrected chi connectivity index (χ2v) is 14.0. The highest BCUT2D eigenvalue weighted by atomic mass is 14.9. The van der Waals surface area contributed by atoms with E-state index >= 15 is 0 Å². The molecule has 0 aliphatic heterocycles. The Kier molecular flexibility index (Phi) is 7.94. The van der Waals surface area contributed by atoms with E-state index in [0.717, 1.165) is 55.9 Å². The molecule has 8 aromatic carbocycles. The van der Waals surface area contributed by atoms with Crippen LogP contribution in [0.2, 0.25) is 0 Å². The minimum absolute atomic E-state index is 0.0629. The zero-order chi connectivity index (χ0) is 36.7. The molecule has 0 bridgehead atoms. The molecule has 1 aromatic heterocycles. The van der Waals surface area contributed by atoms with E-state index in [-0.39, 0.29) is 5.92 Å². The van der Waals surface area contributed by atoms with Crippen molar-refractivity contribution in [3.8, 4) is 73.2 Å². The molecule has 10 rings (SSSR count). The van der Waals surface area contributed by atoms with Gasteiger partial charge in [-0.05, 0) is 73.0 Å². The zero-order valence-electron chi connectivity index (χ0n) is 29.9. The highest BCUT2D eigenvalue weighted by Gasteiger charge is 2.34. The molecule has 0 saturated heterocycles. The van der Waals surface area contributed by atoms with Crippen LogP contribution in [-0.2, 0) is 0 Å². The van der Waals surface area contributed by atoms with E-state index in [9.17, 15) is 5.26 Å². The Bertz CT molecular complexity index is 2860. The maximum atomic E-state index is 9.33. The lowest BCUT2D eigenvalue weighted by Gasteiger charge is -2.22. The van der Waals surface area contributed by atoms with Crippen molar-refractivity contribution in [2.75, 3.05) is 0 Å². The summed E-state index contributed by atoms with van der Waals surface area (Å²) in [4.78, 5) is 11.0. The smallest absolute Gasteiger partial charge is 0.160 e. The Hall–Kier alpha value is -7.41. The van der Waals surface area contributed by atoms with Crippen LogP contribution in [0.15, 0.2) is 194 Å². The molecular weight excluding hydrogens is 667 g/mol. The van der Waals surface area contributed by atoms with Gasteiger partial charge in [-0.1, -0.05) is 182 Å². The first-order valence-corrected chi connectivity index (χ1v) is 18.6. The number of rotatable bonds is 6. The molecule has 55 heavy (non-hydrogen) atoms. The number of hydrogen-bond donors (Lipinski definition) is 0. The fourth-order valence-corrected chi connectivity index (χ4v) is 8.29. The van der Waals surface area contributed by atoms with Crippen LogP contribution in [0.4, 0.5) is 0 Å². The second-order valence-electron chi connectivity index (χ2n) is 14.0. The molecule has 0 atom stereocenters. The van der Waals surface area contributed by atoms with Gasteiger partial charge in [-0.2, -0.15) is 5.26 Å². The first kappa shape index (κ1) is 32.3. The minimum atomic E-state index is -0.0629. The van der Waals surface area contributed by atoms with Crippen molar-refractivity contribution in [2.45, 2.75) is 5.92 Å². The summed E-state index contributed by atoms with van der Waals surface area (Å²) in [6, 6.07) is 70.3. The van der Waals surface area contributed by atoms with Crippen LogP contribution in [0.3, 0.4) is 0 Å². The fourth-order valence-electron chi connectivity index (χ4n) is 8.29. The molecular formula is C52H33N3. The van der Waals surface area contributed by atoms with Crippen LogP contribution in [0.25, 0.3) is 77.9 Å². The van der Waals surface area contributed by atoms with E-state index in [0.29, 0.717) is 11.4 Å². The number of nitriles is 1. The molecule has 1 aliphatic carbocycles. The lowest BCUT2D eigenvalue weighted by Crippen LogP contribution is -2.09. The van der Waals surface area contributed by atoms with Gasteiger partial charge in [0.2, 0.25) is 0 Å². The summed E-state index contributed by atoms with van der Waals surface area (Å²) in [6.45, 7) is 0. The van der Waals surface area contributed by atoms with Gasteiger partial charge in [0.25, 0.3) is 0 Å². The molecule has 0 N–H and O–H groups in total. The van der Waals surface area contributed by atoms with Gasteiger partial charge in [-0.15, -0.1) is 0 Å². The molecule has 0 unspecified atom stereocenters. The van der Waals surface area contributed by atoms with Crippen molar-refractivity contribution in [3.63, 3.8) is 0 Å². The molecule has 1 heterocycles. The van der Waals surface area contributed by atoms with E-state index in [1.807, 2.05) is 24.3 Å². The second kappa shape index (κ2) is 13.5. The molecule has 0 amide bonds. The summed E-state index contributed by atoms with van der Waals surface area (Å²) < 4.78 is 0. The van der Waals surface area contributed by atoms with Gasteiger partial charge in [0.05, 0.1) is 28.9 Å². The Morgan fingerprint density at radius 3 is 1.42 bits per heavy atom. The van der Waals surface area contributed by atoms with Gasteiger partial charge in [0.1, 0.15) is 0 Å². The Labute approximate surface area is 320 Å². The van der Waals surface area contributed by atoms with Crippen molar-refractivity contribution < 1.29 is 0 Å². The van der Waals surface area contributed by atoms with Crippen LogP contribution in [0, 0.1) is 11.3 Å². The SMILES string of the molecule is N#Cc1ccc(-c2ccc(-c3ccc(-c4nc(-c5ccccc5)c(-c5ccccc5)c(C5c6ccccc6-c6ccccc65)n4)cc3)c3ccccc23)cc1. The van der Waals surface area contributed by atoms with Crippen LogP contribution in [0.5, 0.6) is 0 Å². The van der Waals surface area contributed by atoms with Crippen molar-refractivity contribution in [1.29, 1.82) is 5.26 Å². The third kappa shape index (κ3) is 5.60. The van der Waals surface area contributed by atoms with Gasteiger partial charge in [0, 0.05) is 16.7 Å². The van der Waals surface area contributed by atoms with Crippen LogP contribution < -0.4 is 0 Å². The molecule has 1 aliphatic rings. The first-order valence-electron chi connectivity index (χ1n) is 18.6.